The van der Waals surface area contributed by atoms with E-state index in [-0.39, 0.29) is 20.2 Å². The third-order valence-corrected chi connectivity index (χ3v) is 9.01. The van der Waals surface area contributed by atoms with Crippen molar-refractivity contribution in [3.05, 3.63) is 118 Å². The minimum Gasteiger partial charge on any atom is -0.290 e. The largest absolute Gasteiger partial charge is 0.297 e. The first-order valence-corrected chi connectivity index (χ1v) is 14.9. The number of thiophene rings is 1. The summed E-state index contributed by atoms with van der Waals surface area (Å²) < 4.78 is 64.2. The number of Topliss-reactive ketones (excluding diaryl/α,β-unsaturated/α-hetero) is 1. The van der Waals surface area contributed by atoms with Crippen LogP contribution in [0.4, 0.5) is 0 Å². The lowest BCUT2D eigenvalue weighted by atomic mass is 10.0. The quantitative estimate of drug-likeness (QED) is 0.188. The Morgan fingerprint density at radius 2 is 1.19 bits per heavy atom. The zero-order valence-corrected chi connectivity index (χ0v) is 22.4. The zero-order chi connectivity index (χ0) is 26.6. The van der Waals surface area contributed by atoms with E-state index in [1.807, 2.05) is 6.92 Å². The molecule has 10 heteroatoms. The molecule has 0 spiro atoms. The number of hydrogen-bond acceptors (Lipinski definition) is 8. The molecule has 1 heterocycles. The molecular formula is C27H24O7S3. The number of carbonyl (C=O) groups is 1. The van der Waals surface area contributed by atoms with Crippen molar-refractivity contribution in [1.82, 2.24) is 0 Å². The Morgan fingerprint density at radius 1 is 0.676 bits per heavy atom. The number of carbonyl (C=O) groups excluding carboxylic acids is 1. The maximum atomic E-state index is 13.6. The lowest BCUT2D eigenvalue weighted by Crippen LogP contribution is -2.36. The van der Waals surface area contributed by atoms with Gasteiger partial charge in [0.1, 0.15) is 6.10 Å². The summed E-state index contributed by atoms with van der Waals surface area (Å²) in [7, 11) is -8.90. The molecule has 1 aromatic heterocycles. The molecule has 0 amide bonds. The fourth-order valence-electron chi connectivity index (χ4n) is 3.51. The number of aryl methyl sites for hydroxylation is 2. The van der Waals surface area contributed by atoms with Crippen LogP contribution in [0, 0.1) is 13.8 Å². The van der Waals surface area contributed by atoms with Gasteiger partial charge in [0.05, 0.1) is 14.7 Å². The molecule has 0 saturated carbocycles. The van der Waals surface area contributed by atoms with Crippen molar-refractivity contribution in [3.63, 3.8) is 0 Å². The fourth-order valence-corrected chi connectivity index (χ4v) is 6.31. The maximum Gasteiger partial charge on any atom is 0.297 e. The minimum absolute atomic E-state index is 0.136. The second kappa shape index (κ2) is 11.1. The Labute approximate surface area is 220 Å². The molecule has 0 fully saturated rings. The molecule has 4 aromatic rings. The van der Waals surface area contributed by atoms with Crippen LogP contribution in [0.2, 0.25) is 0 Å². The maximum absolute atomic E-state index is 13.6. The van der Waals surface area contributed by atoms with Gasteiger partial charge in [-0.05, 0) is 55.1 Å². The van der Waals surface area contributed by atoms with Gasteiger partial charge < -0.3 is 0 Å². The molecule has 0 aliphatic rings. The van der Waals surface area contributed by atoms with Gasteiger partial charge in [-0.25, -0.2) is 0 Å². The molecule has 0 N–H and O–H groups in total. The summed E-state index contributed by atoms with van der Waals surface area (Å²) in [4.78, 5) is 13.5. The summed E-state index contributed by atoms with van der Waals surface area (Å²) >= 11 is 1.08. The van der Waals surface area contributed by atoms with Crippen LogP contribution in [0.25, 0.3) is 0 Å². The Kier molecular flexibility index (Phi) is 8.05. The van der Waals surface area contributed by atoms with Gasteiger partial charge in [-0.15, -0.1) is 11.3 Å². The normalized spacial score (nSPS) is 13.7. The van der Waals surface area contributed by atoms with Gasteiger partial charge in [0.2, 0.25) is 5.78 Å². The van der Waals surface area contributed by atoms with Crippen LogP contribution < -0.4 is 0 Å². The highest BCUT2D eigenvalue weighted by atomic mass is 32.2. The Morgan fingerprint density at radius 3 is 1.68 bits per heavy atom. The fraction of sp³-hybridized carbons (Fsp3) is 0.148. The van der Waals surface area contributed by atoms with Gasteiger partial charge in [-0.1, -0.05) is 71.8 Å². The molecule has 7 nitrogen and oxygen atoms in total. The molecule has 0 radical (unpaired) electrons. The number of benzene rings is 3. The highest BCUT2D eigenvalue weighted by Gasteiger charge is 2.40. The summed E-state index contributed by atoms with van der Waals surface area (Å²) in [6.45, 7) is 3.61. The Balaban J connectivity index is 1.81. The van der Waals surface area contributed by atoms with E-state index in [1.165, 1.54) is 30.3 Å². The SMILES string of the molecule is Cc1ccc(S(=O)(=O)OC(C(=O)c2cccs2)C(OS(=O)(=O)c2ccc(C)cc2)c2ccccc2)cc1. The highest BCUT2D eigenvalue weighted by molar-refractivity contribution is 7.87. The predicted molar refractivity (Wildman–Crippen MR) is 141 cm³/mol. The van der Waals surface area contributed by atoms with Crippen LogP contribution >= 0.6 is 11.3 Å². The second-order valence-electron chi connectivity index (χ2n) is 8.32. The molecule has 2 atom stereocenters. The van der Waals surface area contributed by atoms with E-state index in [2.05, 4.69) is 0 Å². The van der Waals surface area contributed by atoms with Crippen LogP contribution in [0.5, 0.6) is 0 Å². The van der Waals surface area contributed by atoms with Gasteiger partial charge in [0.15, 0.2) is 6.10 Å². The van der Waals surface area contributed by atoms with Gasteiger partial charge in [0, 0.05) is 0 Å². The molecular weight excluding hydrogens is 532 g/mol. The summed E-state index contributed by atoms with van der Waals surface area (Å²) in [6.07, 6.45) is -3.42. The molecule has 0 aliphatic heterocycles. The van der Waals surface area contributed by atoms with E-state index in [1.54, 1.807) is 73.0 Å². The summed E-state index contributed by atoms with van der Waals surface area (Å²) in [5.74, 6) is -0.723. The van der Waals surface area contributed by atoms with Crippen molar-refractivity contribution < 1.29 is 30.0 Å². The summed E-state index contributed by atoms with van der Waals surface area (Å²) in [5.41, 5.74) is 1.93. The second-order valence-corrected chi connectivity index (χ2v) is 12.4. The first-order chi connectivity index (χ1) is 17.6. The topological polar surface area (TPSA) is 104 Å². The molecule has 37 heavy (non-hydrogen) atoms. The number of hydrogen-bond donors (Lipinski definition) is 0. The van der Waals surface area contributed by atoms with Crippen molar-refractivity contribution in [3.8, 4) is 0 Å². The van der Waals surface area contributed by atoms with Crippen molar-refractivity contribution in [2.45, 2.75) is 35.8 Å². The number of ketones is 1. The third-order valence-electron chi connectivity index (χ3n) is 5.51. The van der Waals surface area contributed by atoms with Crippen LogP contribution in [-0.2, 0) is 28.6 Å². The number of rotatable bonds is 10. The average Bonchev–Trinajstić information content (AvgIpc) is 3.42. The molecule has 0 bridgehead atoms. The van der Waals surface area contributed by atoms with Crippen LogP contribution in [0.15, 0.2) is 106 Å². The zero-order valence-electron chi connectivity index (χ0n) is 20.0. The lowest BCUT2D eigenvalue weighted by Gasteiger charge is -2.26. The average molecular weight is 557 g/mol. The smallest absolute Gasteiger partial charge is 0.290 e. The van der Waals surface area contributed by atoms with Gasteiger partial charge in [-0.2, -0.15) is 16.8 Å². The predicted octanol–water partition coefficient (Wildman–Crippen LogP) is 5.47. The first-order valence-electron chi connectivity index (χ1n) is 11.2. The molecule has 192 valence electrons. The van der Waals surface area contributed by atoms with Crippen LogP contribution in [-0.4, -0.2) is 28.7 Å². The molecule has 2 unspecified atom stereocenters. The van der Waals surface area contributed by atoms with Crippen LogP contribution in [0.1, 0.15) is 32.5 Å². The van der Waals surface area contributed by atoms with E-state index in [0.717, 1.165) is 22.5 Å². The van der Waals surface area contributed by atoms with Crippen molar-refractivity contribution in [2.24, 2.45) is 0 Å². The third kappa shape index (κ3) is 6.41. The first kappa shape index (κ1) is 26.9. The standard InChI is InChI=1S/C27H24O7S3/c1-19-10-14-22(15-11-19)36(29,30)33-26(21-7-4-3-5-8-21)27(25(28)24-9-6-18-35-24)34-37(31,32)23-16-12-20(2)13-17-23/h3-18,26-27H,1-2H3. The van der Waals surface area contributed by atoms with Gasteiger partial charge in [0.25, 0.3) is 20.2 Å². The van der Waals surface area contributed by atoms with Crippen LogP contribution in [0.3, 0.4) is 0 Å². The molecule has 3 aromatic carbocycles. The molecule has 4 rings (SSSR count). The van der Waals surface area contributed by atoms with Crippen molar-refractivity contribution in [1.29, 1.82) is 0 Å². The van der Waals surface area contributed by atoms with Gasteiger partial charge in [-0.3, -0.25) is 13.2 Å². The summed E-state index contributed by atoms with van der Waals surface area (Å²) in [5, 5.41) is 1.65. The monoisotopic (exact) mass is 556 g/mol. The van der Waals surface area contributed by atoms with E-state index in [4.69, 9.17) is 8.37 Å². The summed E-state index contributed by atoms with van der Waals surface area (Å²) in [6, 6.07) is 23.1. The van der Waals surface area contributed by atoms with E-state index in [0.29, 0.717) is 0 Å². The van der Waals surface area contributed by atoms with E-state index in [9.17, 15) is 21.6 Å². The Hall–Kier alpha value is -3.15. The van der Waals surface area contributed by atoms with Crippen molar-refractivity contribution in [2.75, 3.05) is 0 Å². The Bertz CT molecular complexity index is 1560. The molecule has 0 saturated heterocycles. The van der Waals surface area contributed by atoms with E-state index >= 15 is 0 Å². The minimum atomic E-state index is -4.48. The van der Waals surface area contributed by atoms with Crippen molar-refractivity contribution >= 4 is 37.4 Å². The lowest BCUT2D eigenvalue weighted by molar-refractivity contribution is 0.0464. The van der Waals surface area contributed by atoms with E-state index < -0.39 is 38.2 Å². The van der Waals surface area contributed by atoms with Gasteiger partial charge >= 0.3 is 0 Å². The highest BCUT2D eigenvalue weighted by Crippen LogP contribution is 2.33. The molecule has 0 aliphatic carbocycles.